The zero-order valence-corrected chi connectivity index (χ0v) is 18.0. The van der Waals surface area contributed by atoms with Crippen LogP contribution < -0.4 is 14.2 Å². The molecule has 1 saturated heterocycles. The van der Waals surface area contributed by atoms with Crippen LogP contribution >= 0.6 is 11.6 Å². The fourth-order valence-electron chi connectivity index (χ4n) is 3.93. The maximum Gasteiger partial charge on any atom is 0.241 e. The molecule has 0 saturated carbocycles. The van der Waals surface area contributed by atoms with Crippen LogP contribution in [0.1, 0.15) is 23.8 Å². The number of ether oxygens (including phenoxy) is 3. The van der Waals surface area contributed by atoms with Gasteiger partial charge in [-0.05, 0) is 42.6 Å². The molecule has 2 aromatic carbocycles. The first-order valence-electron chi connectivity index (χ1n) is 9.73. The van der Waals surface area contributed by atoms with E-state index in [1.54, 1.807) is 27.4 Å². The van der Waals surface area contributed by atoms with Gasteiger partial charge in [-0.3, -0.25) is 4.90 Å². The van der Waals surface area contributed by atoms with Crippen molar-refractivity contribution in [3.05, 3.63) is 52.9 Å². The average molecular weight is 430 g/mol. The lowest BCUT2D eigenvalue weighted by atomic mass is 9.98. The molecule has 4 rings (SSSR count). The molecule has 0 N–H and O–H groups in total. The Morgan fingerprint density at radius 1 is 1.07 bits per heavy atom. The molecule has 2 heterocycles. The molecule has 1 aromatic heterocycles. The molecule has 1 aliphatic rings. The van der Waals surface area contributed by atoms with Gasteiger partial charge in [-0.25, -0.2) is 0 Å². The molecule has 1 fully saturated rings. The van der Waals surface area contributed by atoms with E-state index in [9.17, 15) is 0 Å². The predicted octanol–water partition coefficient (Wildman–Crippen LogP) is 4.41. The molecule has 1 unspecified atom stereocenters. The Bertz CT molecular complexity index is 1020. The van der Waals surface area contributed by atoms with E-state index in [0.29, 0.717) is 47.0 Å². The summed E-state index contributed by atoms with van der Waals surface area (Å²) in [6, 6.07) is 11.7. The second kappa shape index (κ2) is 8.93. The minimum atomic E-state index is 0.409. The van der Waals surface area contributed by atoms with Crippen molar-refractivity contribution in [1.82, 2.24) is 15.0 Å². The second-order valence-corrected chi connectivity index (χ2v) is 7.54. The van der Waals surface area contributed by atoms with E-state index in [1.165, 1.54) is 5.56 Å². The number of methoxy groups -OCH3 is 3. The van der Waals surface area contributed by atoms with Crippen molar-refractivity contribution in [1.29, 1.82) is 0 Å². The Morgan fingerprint density at radius 3 is 2.60 bits per heavy atom. The lowest BCUT2D eigenvalue weighted by Crippen LogP contribution is -2.20. The number of nitrogens with zero attached hydrogens (tertiary/aromatic N) is 3. The van der Waals surface area contributed by atoms with E-state index in [-0.39, 0.29) is 0 Å². The van der Waals surface area contributed by atoms with E-state index in [2.05, 4.69) is 21.1 Å². The number of benzene rings is 2. The third-order valence-electron chi connectivity index (χ3n) is 5.39. The van der Waals surface area contributed by atoms with Crippen LogP contribution in [0.3, 0.4) is 0 Å². The summed E-state index contributed by atoms with van der Waals surface area (Å²) in [4.78, 5) is 6.88. The maximum atomic E-state index is 6.37. The molecule has 1 atom stereocenters. The molecule has 3 aromatic rings. The zero-order chi connectivity index (χ0) is 21.1. The van der Waals surface area contributed by atoms with Crippen molar-refractivity contribution >= 4 is 11.6 Å². The predicted molar refractivity (Wildman–Crippen MR) is 113 cm³/mol. The lowest BCUT2D eigenvalue weighted by Gasteiger charge is -2.14. The molecule has 0 radical (unpaired) electrons. The first-order valence-corrected chi connectivity index (χ1v) is 10.1. The lowest BCUT2D eigenvalue weighted by molar-refractivity contribution is 0.265. The van der Waals surface area contributed by atoms with Gasteiger partial charge in [-0.2, -0.15) is 4.98 Å². The molecule has 30 heavy (non-hydrogen) atoms. The van der Waals surface area contributed by atoms with E-state index >= 15 is 0 Å². The van der Waals surface area contributed by atoms with Crippen LogP contribution in [-0.2, 0) is 6.54 Å². The topological polar surface area (TPSA) is 69.9 Å². The van der Waals surface area contributed by atoms with Crippen molar-refractivity contribution in [2.45, 2.75) is 18.9 Å². The largest absolute Gasteiger partial charge is 0.493 e. The highest BCUT2D eigenvalue weighted by molar-refractivity contribution is 6.31. The quantitative estimate of drug-likeness (QED) is 0.551. The SMILES string of the molecule is COc1ccc(-c2noc(CN3CCC(c4ccccc4Cl)C3)n2)c(OC)c1OC. The average Bonchev–Trinajstić information content (AvgIpc) is 3.43. The minimum Gasteiger partial charge on any atom is -0.493 e. The van der Waals surface area contributed by atoms with Crippen molar-refractivity contribution < 1.29 is 18.7 Å². The van der Waals surface area contributed by atoms with Crippen LogP contribution in [0.4, 0.5) is 0 Å². The summed E-state index contributed by atoms with van der Waals surface area (Å²) in [5.41, 5.74) is 1.88. The maximum absolute atomic E-state index is 6.37. The molecule has 158 valence electrons. The molecule has 0 bridgehead atoms. The van der Waals surface area contributed by atoms with Gasteiger partial charge in [0.05, 0.1) is 33.4 Å². The number of hydrogen-bond acceptors (Lipinski definition) is 7. The van der Waals surface area contributed by atoms with Gasteiger partial charge in [0.2, 0.25) is 17.5 Å². The van der Waals surface area contributed by atoms with Crippen LogP contribution in [-0.4, -0.2) is 49.5 Å². The van der Waals surface area contributed by atoms with Gasteiger partial charge < -0.3 is 18.7 Å². The second-order valence-electron chi connectivity index (χ2n) is 7.14. The van der Waals surface area contributed by atoms with Crippen LogP contribution in [0, 0.1) is 0 Å². The van der Waals surface area contributed by atoms with Crippen LogP contribution in [0.25, 0.3) is 11.4 Å². The number of likely N-dealkylation sites (tertiary alicyclic amines) is 1. The molecule has 1 aliphatic heterocycles. The summed E-state index contributed by atoms with van der Waals surface area (Å²) in [5.74, 6) is 2.98. The highest BCUT2D eigenvalue weighted by Gasteiger charge is 2.27. The summed E-state index contributed by atoms with van der Waals surface area (Å²) in [7, 11) is 4.71. The van der Waals surface area contributed by atoms with E-state index in [1.807, 2.05) is 24.3 Å². The Hall–Kier alpha value is -2.77. The number of rotatable bonds is 7. The van der Waals surface area contributed by atoms with E-state index in [4.69, 9.17) is 30.3 Å². The Labute approximate surface area is 180 Å². The highest BCUT2D eigenvalue weighted by atomic mass is 35.5. The monoisotopic (exact) mass is 429 g/mol. The van der Waals surface area contributed by atoms with Gasteiger partial charge in [0.15, 0.2) is 11.5 Å². The van der Waals surface area contributed by atoms with E-state index < -0.39 is 0 Å². The number of halogens is 1. The molecular formula is C22H24ClN3O4. The fraction of sp³-hybridized carbons (Fsp3) is 0.364. The highest BCUT2D eigenvalue weighted by Crippen LogP contribution is 2.43. The van der Waals surface area contributed by atoms with Gasteiger partial charge in [0.25, 0.3) is 0 Å². The molecule has 0 amide bonds. The summed E-state index contributed by atoms with van der Waals surface area (Å²) >= 11 is 6.37. The smallest absolute Gasteiger partial charge is 0.241 e. The third kappa shape index (κ3) is 3.95. The number of hydrogen-bond donors (Lipinski definition) is 0. The molecule has 0 spiro atoms. The number of aromatic nitrogens is 2. The summed E-state index contributed by atoms with van der Waals surface area (Å²) in [6.45, 7) is 2.44. The third-order valence-corrected chi connectivity index (χ3v) is 5.73. The van der Waals surface area contributed by atoms with Crippen LogP contribution in [0.2, 0.25) is 5.02 Å². The normalized spacial score (nSPS) is 16.6. The molecular weight excluding hydrogens is 406 g/mol. The van der Waals surface area contributed by atoms with Gasteiger partial charge in [0, 0.05) is 11.6 Å². The van der Waals surface area contributed by atoms with Crippen molar-refractivity contribution in [2.24, 2.45) is 0 Å². The standard InChI is InChI=1S/C22H24ClN3O4/c1-27-18-9-8-16(20(28-2)21(18)29-3)22-24-19(30-25-22)13-26-11-10-14(12-26)15-6-4-5-7-17(15)23/h4-9,14H,10-13H2,1-3H3. The zero-order valence-electron chi connectivity index (χ0n) is 17.2. The first kappa shape index (κ1) is 20.5. The molecule has 0 aliphatic carbocycles. The van der Waals surface area contributed by atoms with Crippen molar-refractivity contribution in [3.63, 3.8) is 0 Å². The van der Waals surface area contributed by atoms with Gasteiger partial charge in [0.1, 0.15) is 0 Å². The van der Waals surface area contributed by atoms with Gasteiger partial charge >= 0.3 is 0 Å². The van der Waals surface area contributed by atoms with Gasteiger partial charge in [-0.1, -0.05) is 35.0 Å². The Morgan fingerprint density at radius 2 is 1.87 bits per heavy atom. The Kier molecular flexibility index (Phi) is 6.11. The summed E-state index contributed by atoms with van der Waals surface area (Å²) < 4.78 is 21.8. The van der Waals surface area contributed by atoms with Crippen molar-refractivity contribution in [2.75, 3.05) is 34.4 Å². The first-order chi connectivity index (χ1) is 14.6. The summed E-state index contributed by atoms with van der Waals surface area (Å²) in [5, 5.41) is 4.97. The van der Waals surface area contributed by atoms with Crippen molar-refractivity contribution in [3.8, 4) is 28.6 Å². The Balaban J connectivity index is 1.50. The fourth-order valence-corrected chi connectivity index (χ4v) is 4.22. The van der Waals surface area contributed by atoms with Gasteiger partial charge in [-0.15, -0.1) is 0 Å². The van der Waals surface area contributed by atoms with Crippen LogP contribution in [0.15, 0.2) is 40.9 Å². The minimum absolute atomic E-state index is 0.409. The molecule has 8 heteroatoms. The van der Waals surface area contributed by atoms with E-state index in [0.717, 1.165) is 24.5 Å². The van der Waals surface area contributed by atoms with Crippen LogP contribution in [0.5, 0.6) is 17.2 Å². The summed E-state index contributed by atoms with van der Waals surface area (Å²) in [6.07, 6.45) is 1.05. The molecule has 7 nitrogen and oxygen atoms in total.